The summed E-state index contributed by atoms with van der Waals surface area (Å²) in [7, 11) is 2.08. The lowest BCUT2D eigenvalue weighted by Crippen LogP contribution is -2.21. The molecule has 2 N–H and O–H groups in total. The largest absolute Gasteiger partial charge is 0.383 e. The highest BCUT2D eigenvalue weighted by molar-refractivity contribution is 5.99. The highest BCUT2D eigenvalue weighted by Gasteiger charge is 2.16. The number of aromatic nitrogens is 1. The van der Waals surface area contributed by atoms with E-state index >= 15 is 0 Å². The van der Waals surface area contributed by atoms with Gasteiger partial charge in [-0.05, 0) is 6.07 Å². The fourth-order valence-electron chi connectivity index (χ4n) is 2.22. The molecular formula is C13H13N3. The van der Waals surface area contributed by atoms with E-state index in [-0.39, 0.29) is 0 Å². The normalized spacial score (nSPS) is 14.2. The molecule has 1 aliphatic heterocycles. The van der Waals surface area contributed by atoms with Crippen molar-refractivity contribution < 1.29 is 0 Å². The predicted octanol–water partition coefficient (Wildman–Crippen LogP) is 2.28. The minimum atomic E-state index is 0.608. The Hall–Kier alpha value is -2.03. The minimum Gasteiger partial charge on any atom is -0.383 e. The van der Waals surface area contributed by atoms with Crippen LogP contribution in [-0.2, 0) is 0 Å². The van der Waals surface area contributed by atoms with Crippen molar-refractivity contribution in [2.75, 3.05) is 24.2 Å². The molecule has 1 aliphatic rings. The molecule has 0 unspecified atom stereocenters. The zero-order chi connectivity index (χ0) is 11.1. The monoisotopic (exact) mass is 211 g/mol. The van der Waals surface area contributed by atoms with Crippen LogP contribution >= 0.6 is 0 Å². The number of hydrogen-bond donors (Lipinski definition) is 1. The number of para-hydroxylation sites is 1. The third kappa shape index (κ3) is 1.18. The quantitative estimate of drug-likeness (QED) is 0.727. The Kier molecular flexibility index (Phi) is 1.86. The summed E-state index contributed by atoms with van der Waals surface area (Å²) in [6.45, 7) is 0.917. The average Bonchev–Trinajstić information content (AvgIpc) is 2.30. The van der Waals surface area contributed by atoms with Crippen LogP contribution in [0.25, 0.3) is 17.0 Å². The van der Waals surface area contributed by atoms with Crippen molar-refractivity contribution in [3.8, 4) is 0 Å². The van der Waals surface area contributed by atoms with Crippen LogP contribution in [-0.4, -0.2) is 18.6 Å². The fourth-order valence-corrected chi connectivity index (χ4v) is 2.22. The summed E-state index contributed by atoms with van der Waals surface area (Å²) < 4.78 is 0. The first-order valence-corrected chi connectivity index (χ1v) is 5.33. The zero-order valence-corrected chi connectivity index (χ0v) is 9.14. The van der Waals surface area contributed by atoms with E-state index < -0.39 is 0 Å². The van der Waals surface area contributed by atoms with Gasteiger partial charge in [-0.2, -0.15) is 0 Å². The Morgan fingerprint density at radius 3 is 3.00 bits per heavy atom. The van der Waals surface area contributed by atoms with Crippen LogP contribution in [0.5, 0.6) is 0 Å². The number of pyridine rings is 1. The number of rotatable bonds is 0. The average molecular weight is 211 g/mol. The molecule has 0 saturated carbocycles. The van der Waals surface area contributed by atoms with Gasteiger partial charge >= 0.3 is 0 Å². The molecule has 1 aromatic carbocycles. The van der Waals surface area contributed by atoms with Crippen LogP contribution in [0, 0.1) is 0 Å². The molecule has 0 radical (unpaired) electrons. The lowest BCUT2D eigenvalue weighted by Gasteiger charge is -2.25. The SMILES string of the molecule is CN1CC=Cc2c(N)nc3ccccc3c21. The van der Waals surface area contributed by atoms with Crippen LogP contribution in [0.1, 0.15) is 5.56 Å². The van der Waals surface area contributed by atoms with Gasteiger partial charge in [-0.3, -0.25) is 0 Å². The first-order chi connectivity index (χ1) is 7.77. The van der Waals surface area contributed by atoms with Gasteiger partial charge in [-0.15, -0.1) is 0 Å². The van der Waals surface area contributed by atoms with Crippen LogP contribution in [0.3, 0.4) is 0 Å². The van der Waals surface area contributed by atoms with Crippen LogP contribution < -0.4 is 10.6 Å². The predicted molar refractivity (Wildman–Crippen MR) is 68.5 cm³/mol. The Morgan fingerprint density at radius 2 is 2.12 bits per heavy atom. The molecular weight excluding hydrogens is 198 g/mol. The topological polar surface area (TPSA) is 42.1 Å². The number of nitrogen functional groups attached to an aromatic ring is 1. The molecule has 16 heavy (non-hydrogen) atoms. The Labute approximate surface area is 94.2 Å². The van der Waals surface area contributed by atoms with Crippen molar-refractivity contribution in [3.05, 3.63) is 35.9 Å². The maximum Gasteiger partial charge on any atom is 0.133 e. The molecule has 0 amide bonds. The molecule has 0 aliphatic carbocycles. The standard InChI is InChI=1S/C13H13N3/c1-16-8-4-6-10-12(16)9-5-2-3-7-11(9)15-13(10)14/h2-7H,8H2,1H3,(H2,14,15). The zero-order valence-electron chi connectivity index (χ0n) is 9.14. The highest BCUT2D eigenvalue weighted by atomic mass is 15.1. The first kappa shape index (κ1) is 9.21. The number of nitrogens with two attached hydrogens (primary N) is 1. The summed E-state index contributed by atoms with van der Waals surface area (Å²) in [5.74, 6) is 0.608. The number of benzene rings is 1. The van der Waals surface area contributed by atoms with Gasteiger partial charge in [0.2, 0.25) is 0 Å². The summed E-state index contributed by atoms with van der Waals surface area (Å²) >= 11 is 0. The van der Waals surface area contributed by atoms with Gasteiger partial charge in [-0.25, -0.2) is 4.98 Å². The van der Waals surface area contributed by atoms with Crippen molar-refractivity contribution in [2.45, 2.75) is 0 Å². The summed E-state index contributed by atoms with van der Waals surface area (Å²) in [4.78, 5) is 6.63. The maximum absolute atomic E-state index is 5.98. The van der Waals surface area contributed by atoms with Gasteiger partial charge in [0.1, 0.15) is 5.82 Å². The van der Waals surface area contributed by atoms with Crippen LogP contribution in [0.15, 0.2) is 30.3 Å². The minimum absolute atomic E-state index is 0.608. The van der Waals surface area contributed by atoms with E-state index in [2.05, 4.69) is 35.1 Å². The van der Waals surface area contributed by atoms with E-state index in [1.54, 1.807) is 0 Å². The van der Waals surface area contributed by atoms with E-state index in [1.165, 1.54) is 11.1 Å². The number of nitrogens with zero attached hydrogens (tertiary/aromatic N) is 2. The number of likely N-dealkylation sites (N-methyl/N-ethyl adjacent to an activating group) is 1. The molecule has 0 bridgehead atoms. The van der Waals surface area contributed by atoms with Crippen molar-refractivity contribution in [1.82, 2.24) is 4.98 Å². The second-order valence-corrected chi connectivity index (χ2v) is 4.06. The molecule has 0 spiro atoms. The Bertz CT molecular complexity index is 587. The van der Waals surface area contributed by atoms with E-state index in [0.717, 1.165) is 17.6 Å². The Balaban J connectivity index is 2.46. The maximum atomic E-state index is 5.98. The summed E-state index contributed by atoms with van der Waals surface area (Å²) in [6.07, 6.45) is 4.17. The molecule has 3 heteroatoms. The molecule has 3 rings (SSSR count). The number of fused-ring (bicyclic) bond motifs is 3. The third-order valence-electron chi connectivity index (χ3n) is 2.98. The summed E-state index contributed by atoms with van der Waals surface area (Å²) in [6, 6.07) is 8.11. The lowest BCUT2D eigenvalue weighted by atomic mass is 10.0. The van der Waals surface area contributed by atoms with Crippen LogP contribution in [0.4, 0.5) is 11.5 Å². The lowest BCUT2D eigenvalue weighted by molar-refractivity contribution is 1.02. The van der Waals surface area contributed by atoms with Crippen molar-refractivity contribution in [2.24, 2.45) is 0 Å². The van der Waals surface area contributed by atoms with Gasteiger partial charge in [0.15, 0.2) is 0 Å². The van der Waals surface area contributed by atoms with Gasteiger partial charge < -0.3 is 10.6 Å². The molecule has 1 aromatic heterocycles. The smallest absolute Gasteiger partial charge is 0.133 e. The summed E-state index contributed by atoms with van der Waals surface area (Å²) in [5, 5.41) is 1.17. The fraction of sp³-hybridized carbons (Fsp3) is 0.154. The van der Waals surface area contributed by atoms with Crippen molar-refractivity contribution in [1.29, 1.82) is 0 Å². The molecule has 80 valence electrons. The molecule has 3 nitrogen and oxygen atoms in total. The third-order valence-corrected chi connectivity index (χ3v) is 2.98. The second-order valence-electron chi connectivity index (χ2n) is 4.06. The Morgan fingerprint density at radius 1 is 1.31 bits per heavy atom. The number of anilines is 2. The van der Waals surface area contributed by atoms with Crippen molar-refractivity contribution >= 4 is 28.5 Å². The van der Waals surface area contributed by atoms with E-state index in [0.29, 0.717) is 5.82 Å². The molecule has 0 saturated heterocycles. The van der Waals surface area contributed by atoms with Crippen molar-refractivity contribution in [3.63, 3.8) is 0 Å². The van der Waals surface area contributed by atoms with Gasteiger partial charge in [0, 0.05) is 24.5 Å². The van der Waals surface area contributed by atoms with Gasteiger partial charge in [0.05, 0.1) is 11.2 Å². The van der Waals surface area contributed by atoms with Crippen LogP contribution in [0.2, 0.25) is 0 Å². The van der Waals surface area contributed by atoms with E-state index in [1.807, 2.05) is 18.2 Å². The molecule has 0 fully saturated rings. The van der Waals surface area contributed by atoms with Gasteiger partial charge in [-0.1, -0.05) is 30.4 Å². The highest BCUT2D eigenvalue weighted by Crippen LogP contribution is 2.35. The van der Waals surface area contributed by atoms with Gasteiger partial charge in [0.25, 0.3) is 0 Å². The van der Waals surface area contributed by atoms with E-state index in [9.17, 15) is 0 Å². The first-order valence-electron chi connectivity index (χ1n) is 5.33. The summed E-state index contributed by atoms with van der Waals surface area (Å²) in [5.41, 5.74) is 9.16. The molecule has 2 aromatic rings. The second kappa shape index (κ2) is 3.23. The number of hydrogen-bond acceptors (Lipinski definition) is 3. The molecule has 0 atom stereocenters. The van der Waals surface area contributed by atoms with E-state index in [4.69, 9.17) is 5.73 Å². The molecule has 2 heterocycles.